The molecule has 0 aromatic rings. The van der Waals surface area contributed by atoms with E-state index in [0.717, 1.165) is 11.5 Å². The van der Waals surface area contributed by atoms with Crippen LogP contribution in [0, 0.1) is 18.3 Å². The molecule has 6 nitrogen and oxygen atoms in total. The summed E-state index contributed by atoms with van der Waals surface area (Å²) in [7, 11) is 1.84. The molecule has 0 fully saturated rings. The molecule has 1 aliphatic rings. The maximum atomic E-state index is 9.98. The number of nitrogens with one attached hydrogen (secondary N) is 2. The number of allylic oxidation sites excluding steroid dienone is 2. The predicted octanol–water partition coefficient (Wildman–Crippen LogP) is 1.28. The van der Waals surface area contributed by atoms with Gasteiger partial charge in [-0.1, -0.05) is 18.1 Å². The van der Waals surface area contributed by atoms with Gasteiger partial charge in [-0.25, -0.2) is 5.01 Å². The van der Waals surface area contributed by atoms with Crippen molar-refractivity contribution < 1.29 is 5.11 Å². The summed E-state index contributed by atoms with van der Waals surface area (Å²) in [5.41, 5.74) is 0.962. The highest BCUT2D eigenvalue weighted by Gasteiger charge is 2.11. The number of hydrogen-bond acceptors (Lipinski definition) is 6. The van der Waals surface area contributed by atoms with Gasteiger partial charge >= 0.3 is 0 Å². The summed E-state index contributed by atoms with van der Waals surface area (Å²) in [5.74, 6) is 3.61. The Morgan fingerprint density at radius 1 is 1.52 bits per heavy atom. The van der Waals surface area contributed by atoms with E-state index in [1.807, 2.05) is 46.0 Å². The van der Waals surface area contributed by atoms with Crippen LogP contribution < -0.4 is 10.6 Å². The standard InChI is InChI=1S/C17H27N5O/c1-6-13(2)7-8-14(3)21-17(23)9-10-20-22-12-19-15(4)11-16(22)18-5/h1,7-8,10-11,13-14,17-18,21,23H,9,12H2,2-5H3/b8-7-,20-10-. The van der Waals surface area contributed by atoms with Crippen LogP contribution in [-0.2, 0) is 0 Å². The van der Waals surface area contributed by atoms with Crippen molar-refractivity contribution in [3.8, 4) is 12.3 Å². The number of hydrogen-bond donors (Lipinski definition) is 3. The fourth-order valence-electron chi connectivity index (χ4n) is 1.93. The van der Waals surface area contributed by atoms with Crippen LogP contribution in [-0.4, -0.2) is 48.0 Å². The van der Waals surface area contributed by atoms with Crippen molar-refractivity contribution in [2.24, 2.45) is 16.0 Å². The number of rotatable bonds is 8. The SMILES string of the molecule is C#CC(C)/C=C\C(C)NC(O)C/C=N\N1CN=C(C)C=C1NC. The summed E-state index contributed by atoms with van der Waals surface area (Å²) < 4.78 is 0. The Balaban J connectivity index is 2.41. The predicted molar refractivity (Wildman–Crippen MR) is 95.8 cm³/mol. The van der Waals surface area contributed by atoms with Crippen molar-refractivity contribution in [3.63, 3.8) is 0 Å². The largest absolute Gasteiger partial charge is 0.378 e. The molecular weight excluding hydrogens is 290 g/mol. The zero-order valence-electron chi connectivity index (χ0n) is 14.3. The van der Waals surface area contributed by atoms with Crippen LogP contribution in [0.25, 0.3) is 0 Å². The molecule has 6 heteroatoms. The minimum atomic E-state index is -0.670. The molecule has 1 heterocycles. The molecule has 0 radical (unpaired) electrons. The second-order valence-electron chi connectivity index (χ2n) is 5.47. The van der Waals surface area contributed by atoms with Crippen LogP contribution in [0.1, 0.15) is 27.2 Å². The Morgan fingerprint density at radius 2 is 2.26 bits per heavy atom. The third-order valence-corrected chi connectivity index (χ3v) is 3.29. The second kappa shape index (κ2) is 9.82. The fraction of sp³-hybridized carbons (Fsp3) is 0.529. The van der Waals surface area contributed by atoms with Gasteiger partial charge < -0.3 is 10.4 Å². The number of aliphatic hydroxyl groups is 1. The quantitative estimate of drug-likeness (QED) is 0.273. The van der Waals surface area contributed by atoms with Gasteiger partial charge in [0.25, 0.3) is 0 Å². The van der Waals surface area contributed by atoms with Gasteiger partial charge in [-0.15, -0.1) is 6.42 Å². The molecule has 126 valence electrons. The molecule has 0 spiro atoms. The van der Waals surface area contributed by atoms with Crippen molar-refractivity contribution in [2.75, 3.05) is 13.7 Å². The monoisotopic (exact) mass is 317 g/mol. The molecule has 0 aromatic carbocycles. The molecule has 3 unspecified atom stereocenters. The average Bonchev–Trinajstić information content (AvgIpc) is 2.53. The number of terminal acetylenes is 1. The first-order valence-corrected chi connectivity index (χ1v) is 7.75. The first-order valence-electron chi connectivity index (χ1n) is 7.75. The first-order chi connectivity index (χ1) is 11.0. The molecule has 0 aliphatic carbocycles. The van der Waals surface area contributed by atoms with Crippen molar-refractivity contribution in [2.45, 2.75) is 39.5 Å². The van der Waals surface area contributed by atoms with Crippen molar-refractivity contribution in [3.05, 3.63) is 24.0 Å². The molecule has 0 bridgehead atoms. The number of hydrazone groups is 1. The van der Waals surface area contributed by atoms with Crippen LogP contribution in [0.3, 0.4) is 0 Å². The molecule has 1 rings (SSSR count). The highest BCUT2D eigenvalue weighted by molar-refractivity contribution is 5.93. The fourth-order valence-corrected chi connectivity index (χ4v) is 1.93. The zero-order chi connectivity index (χ0) is 17.2. The Kier molecular flexibility index (Phi) is 8.09. The molecule has 3 atom stereocenters. The lowest BCUT2D eigenvalue weighted by Crippen LogP contribution is -2.36. The first kappa shape index (κ1) is 18.9. The Bertz CT molecular complexity index is 530. The van der Waals surface area contributed by atoms with E-state index in [1.165, 1.54) is 0 Å². The molecule has 0 amide bonds. The lowest BCUT2D eigenvalue weighted by atomic mass is 10.1. The summed E-state index contributed by atoms with van der Waals surface area (Å²) in [6.45, 7) is 6.33. The third-order valence-electron chi connectivity index (χ3n) is 3.29. The number of aliphatic hydroxyl groups excluding tert-OH is 1. The molecule has 0 saturated heterocycles. The van der Waals surface area contributed by atoms with Gasteiger partial charge in [0, 0.05) is 43.4 Å². The van der Waals surface area contributed by atoms with E-state index in [4.69, 9.17) is 6.42 Å². The molecule has 0 saturated carbocycles. The van der Waals surface area contributed by atoms with Gasteiger partial charge in [0.2, 0.25) is 0 Å². The minimum Gasteiger partial charge on any atom is -0.378 e. The smallest absolute Gasteiger partial charge is 0.133 e. The summed E-state index contributed by atoms with van der Waals surface area (Å²) in [6.07, 6.45) is 12.5. The minimum absolute atomic E-state index is 0.0317. The van der Waals surface area contributed by atoms with Gasteiger partial charge in [-0.05, 0) is 20.8 Å². The second-order valence-corrected chi connectivity index (χ2v) is 5.47. The molecule has 1 aliphatic heterocycles. The normalized spacial score (nSPS) is 19.2. The van der Waals surface area contributed by atoms with E-state index < -0.39 is 6.23 Å². The topological polar surface area (TPSA) is 72.2 Å². The molecular formula is C17H27N5O. The van der Waals surface area contributed by atoms with E-state index in [0.29, 0.717) is 13.1 Å². The Hall–Kier alpha value is -2.10. The summed E-state index contributed by atoms with van der Waals surface area (Å²) >= 11 is 0. The van der Waals surface area contributed by atoms with Crippen molar-refractivity contribution in [1.82, 2.24) is 15.6 Å². The van der Waals surface area contributed by atoms with Gasteiger partial charge in [-0.2, -0.15) is 5.10 Å². The van der Waals surface area contributed by atoms with Crippen LogP contribution in [0.4, 0.5) is 0 Å². The van der Waals surface area contributed by atoms with E-state index >= 15 is 0 Å². The molecule has 0 aromatic heterocycles. The summed E-state index contributed by atoms with van der Waals surface area (Å²) in [4.78, 5) is 4.31. The summed E-state index contributed by atoms with van der Waals surface area (Å²) in [6, 6.07) is 0.0317. The van der Waals surface area contributed by atoms with E-state index in [9.17, 15) is 5.11 Å². The number of nitrogens with zero attached hydrogens (tertiary/aromatic N) is 3. The average molecular weight is 317 g/mol. The van der Waals surface area contributed by atoms with Crippen LogP contribution >= 0.6 is 0 Å². The maximum Gasteiger partial charge on any atom is 0.133 e. The van der Waals surface area contributed by atoms with Gasteiger partial charge in [0.05, 0.1) is 0 Å². The third kappa shape index (κ3) is 7.13. The summed E-state index contributed by atoms with van der Waals surface area (Å²) in [5, 5.41) is 22.2. The highest BCUT2D eigenvalue weighted by atomic mass is 16.3. The highest BCUT2D eigenvalue weighted by Crippen LogP contribution is 2.07. The molecule has 3 N–H and O–H groups in total. The van der Waals surface area contributed by atoms with E-state index in [1.54, 1.807) is 11.2 Å². The van der Waals surface area contributed by atoms with Crippen molar-refractivity contribution >= 4 is 11.9 Å². The van der Waals surface area contributed by atoms with E-state index in [-0.39, 0.29) is 12.0 Å². The van der Waals surface area contributed by atoms with Crippen LogP contribution in [0.15, 0.2) is 34.1 Å². The maximum absolute atomic E-state index is 9.98. The Morgan fingerprint density at radius 3 is 2.91 bits per heavy atom. The van der Waals surface area contributed by atoms with Crippen LogP contribution in [0.2, 0.25) is 0 Å². The van der Waals surface area contributed by atoms with Gasteiger partial charge in [-0.3, -0.25) is 10.3 Å². The van der Waals surface area contributed by atoms with Gasteiger partial charge in [0.15, 0.2) is 0 Å². The Labute approximate surface area is 139 Å². The lowest BCUT2D eigenvalue weighted by Gasteiger charge is -2.23. The molecule has 23 heavy (non-hydrogen) atoms. The number of aliphatic imine (C=N–C) groups is 1. The van der Waals surface area contributed by atoms with Crippen molar-refractivity contribution in [1.29, 1.82) is 0 Å². The van der Waals surface area contributed by atoms with E-state index in [2.05, 4.69) is 26.6 Å². The zero-order valence-corrected chi connectivity index (χ0v) is 14.3. The van der Waals surface area contributed by atoms with Gasteiger partial charge in [0.1, 0.15) is 18.7 Å². The van der Waals surface area contributed by atoms with Crippen LogP contribution in [0.5, 0.6) is 0 Å². The lowest BCUT2D eigenvalue weighted by molar-refractivity contribution is 0.139.